The molecule has 6 heteroatoms. The predicted molar refractivity (Wildman–Crippen MR) is 114 cm³/mol. The van der Waals surface area contributed by atoms with E-state index in [-0.39, 0.29) is 5.91 Å². The zero-order chi connectivity index (χ0) is 19.5. The van der Waals surface area contributed by atoms with Crippen molar-refractivity contribution in [2.75, 3.05) is 10.6 Å². The Bertz CT molecular complexity index is 1130. The van der Waals surface area contributed by atoms with Gasteiger partial charge in [0.1, 0.15) is 0 Å². The molecule has 0 aliphatic heterocycles. The Morgan fingerprint density at radius 3 is 2.64 bits per heavy atom. The highest BCUT2D eigenvalue weighted by atomic mass is 35.5. The molecule has 3 aromatic carbocycles. The van der Waals surface area contributed by atoms with Crippen LogP contribution in [0, 0.1) is 6.92 Å². The van der Waals surface area contributed by atoms with Gasteiger partial charge in [0.25, 0.3) is 5.91 Å². The Labute approximate surface area is 167 Å². The van der Waals surface area contributed by atoms with Crippen molar-refractivity contribution in [1.29, 1.82) is 0 Å². The van der Waals surface area contributed by atoms with Gasteiger partial charge in [0.2, 0.25) is 0 Å². The van der Waals surface area contributed by atoms with Gasteiger partial charge in [0, 0.05) is 28.2 Å². The van der Waals surface area contributed by atoms with Crippen molar-refractivity contribution >= 4 is 39.9 Å². The minimum absolute atomic E-state index is 0.153. The minimum Gasteiger partial charge on any atom is -0.364 e. The number of nitrogens with zero attached hydrogens (tertiary/aromatic N) is 1. The van der Waals surface area contributed by atoms with Crippen LogP contribution in [0.15, 0.2) is 66.7 Å². The van der Waals surface area contributed by atoms with Gasteiger partial charge in [-0.05, 0) is 60.5 Å². The van der Waals surface area contributed by atoms with Gasteiger partial charge in [-0.25, -0.2) is 0 Å². The van der Waals surface area contributed by atoms with Crippen LogP contribution in [0.5, 0.6) is 0 Å². The smallest absolute Gasteiger partial charge is 0.255 e. The molecule has 28 heavy (non-hydrogen) atoms. The Morgan fingerprint density at radius 2 is 1.86 bits per heavy atom. The van der Waals surface area contributed by atoms with Crippen LogP contribution in [0.4, 0.5) is 11.5 Å². The number of halogens is 1. The Morgan fingerprint density at radius 1 is 1.07 bits per heavy atom. The monoisotopic (exact) mass is 390 g/mol. The summed E-state index contributed by atoms with van der Waals surface area (Å²) in [6.45, 7) is 2.52. The zero-order valence-electron chi connectivity index (χ0n) is 15.3. The van der Waals surface area contributed by atoms with Crippen molar-refractivity contribution < 1.29 is 4.79 Å². The molecule has 1 amide bonds. The molecule has 4 aromatic rings. The lowest BCUT2D eigenvalue weighted by atomic mass is 10.1. The number of fused-ring (bicyclic) bond motifs is 1. The number of hydrogen-bond acceptors (Lipinski definition) is 3. The first-order valence-corrected chi connectivity index (χ1v) is 9.31. The van der Waals surface area contributed by atoms with Crippen LogP contribution in [-0.2, 0) is 6.54 Å². The topological polar surface area (TPSA) is 69.8 Å². The number of carbonyl (C=O) groups excluding carboxylic acids is 1. The maximum Gasteiger partial charge on any atom is 0.255 e. The number of hydrogen-bond donors (Lipinski definition) is 3. The predicted octanol–water partition coefficient (Wildman–Crippen LogP) is 5.39. The molecule has 4 rings (SSSR count). The lowest BCUT2D eigenvalue weighted by molar-refractivity contribution is 0.102. The van der Waals surface area contributed by atoms with Gasteiger partial charge in [-0.2, -0.15) is 5.10 Å². The summed E-state index contributed by atoms with van der Waals surface area (Å²) in [6, 6.07) is 20.9. The molecule has 1 heterocycles. The third-order valence-corrected chi connectivity index (χ3v) is 4.99. The van der Waals surface area contributed by atoms with Gasteiger partial charge in [0.15, 0.2) is 5.82 Å². The first-order chi connectivity index (χ1) is 13.6. The Kier molecular flexibility index (Phi) is 5.00. The average molecular weight is 391 g/mol. The fraction of sp³-hybridized carbons (Fsp3) is 0.0909. The van der Waals surface area contributed by atoms with Crippen molar-refractivity contribution in [3.05, 3.63) is 88.4 Å². The number of nitrogens with one attached hydrogen (secondary N) is 3. The fourth-order valence-corrected chi connectivity index (χ4v) is 3.10. The summed E-state index contributed by atoms with van der Waals surface area (Å²) in [7, 11) is 0. The molecule has 0 saturated heterocycles. The molecule has 0 bridgehead atoms. The van der Waals surface area contributed by atoms with Crippen molar-refractivity contribution in [1.82, 2.24) is 10.2 Å². The number of para-hydroxylation sites is 1. The molecule has 0 spiro atoms. The number of H-pyrrole nitrogens is 1. The Hall–Kier alpha value is -3.31. The van der Waals surface area contributed by atoms with E-state index < -0.39 is 0 Å². The molecule has 0 fully saturated rings. The van der Waals surface area contributed by atoms with Crippen LogP contribution < -0.4 is 10.6 Å². The molecule has 0 aliphatic carbocycles. The summed E-state index contributed by atoms with van der Waals surface area (Å²) in [5, 5.41) is 15.3. The lowest BCUT2D eigenvalue weighted by Gasteiger charge is -2.08. The second-order valence-corrected chi connectivity index (χ2v) is 6.99. The van der Waals surface area contributed by atoms with Crippen LogP contribution in [0.1, 0.15) is 21.5 Å². The van der Waals surface area contributed by atoms with E-state index in [0.29, 0.717) is 17.1 Å². The fourth-order valence-electron chi connectivity index (χ4n) is 2.98. The normalized spacial score (nSPS) is 10.8. The quantitative estimate of drug-likeness (QED) is 0.428. The number of anilines is 2. The summed E-state index contributed by atoms with van der Waals surface area (Å²) in [4.78, 5) is 12.4. The molecule has 5 nitrogen and oxygen atoms in total. The van der Waals surface area contributed by atoms with Gasteiger partial charge in [0.05, 0.1) is 5.52 Å². The number of benzene rings is 3. The highest BCUT2D eigenvalue weighted by Crippen LogP contribution is 2.21. The van der Waals surface area contributed by atoms with Gasteiger partial charge in [-0.1, -0.05) is 35.9 Å². The van der Waals surface area contributed by atoms with Gasteiger partial charge in [-0.3, -0.25) is 9.89 Å². The van der Waals surface area contributed by atoms with Crippen LogP contribution in [0.25, 0.3) is 10.9 Å². The molecular formula is C22H19ClN4O. The number of rotatable bonds is 5. The third kappa shape index (κ3) is 3.85. The molecule has 0 saturated carbocycles. The molecule has 3 N–H and O–H groups in total. The number of carbonyl (C=O) groups is 1. The molecule has 0 aliphatic rings. The molecule has 1 aromatic heterocycles. The Balaban J connectivity index is 1.40. The van der Waals surface area contributed by atoms with Gasteiger partial charge < -0.3 is 10.6 Å². The van der Waals surface area contributed by atoms with Crippen molar-refractivity contribution in [2.24, 2.45) is 0 Å². The number of amides is 1. The van der Waals surface area contributed by atoms with Gasteiger partial charge >= 0.3 is 0 Å². The van der Waals surface area contributed by atoms with E-state index in [1.54, 1.807) is 12.1 Å². The maximum atomic E-state index is 12.4. The first kappa shape index (κ1) is 18.1. The third-order valence-electron chi connectivity index (χ3n) is 4.56. The van der Waals surface area contributed by atoms with E-state index in [9.17, 15) is 4.79 Å². The second kappa shape index (κ2) is 7.74. The molecule has 0 unspecified atom stereocenters. The van der Waals surface area contributed by atoms with Crippen LogP contribution >= 0.6 is 11.6 Å². The van der Waals surface area contributed by atoms with Gasteiger partial charge in [-0.15, -0.1) is 0 Å². The maximum absolute atomic E-state index is 12.4. The summed E-state index contributed by atoms with van der Waals surface area (Å²) in [5.74, 6) is 0.662. The largest absolute Gasteiger partial charge is 0.364 e. The summed E-state index contributed by atoms with van der Waals surface area (Å²) in [5.41, 5.74) is 4.30. The van der Waals surface area contributed by atoms with E-state index in [1.165, 1.54) is 0 Å². The van der Waals surface area contributed by atoms with E-state index in [4.69, 9.17) is 11.6 Å². The standard InChI is InChI=1S/C22H19ClN4O/c1-14-12-17(10-11-19(14)23)25-22(28)16-8-6-15(7-9-16)13-24-21-18-4-2-3-5-20(18)26-27-21/h2-12H,13H2,1H3,(H,25,28)(H2,24,26,27). The highest BCUT2D eigenvalue weighted by Gasteiger charge is 2.08. The lowest BCUT2D eigenvalue weighted by Crippen LogP contribution is -2.12. The molecular weight excluding hydrogens is 372 g/mol. The SMILES string of the molecule is Cc1cc(NC(=O)c2ccc(CNc3n[nH]c4ccccc34)cc2)ccc1Cl. The zero-order valence-corrected chi connectivity index (χ0v) is 16.0. The van der Waals surface area contributed by atoms with Crippen molar-refractivity contribution in [3.8, 4) is 0 Å². The summed E-state index contributed by atoms with van der Waals surface area (Å²) < 4.78 is 0. The van der Waals surface area contributed by atoms with Crippen LogP contribution in [0.3, 0.4) is 0 Å². The summed E-state index contributed by atoms with van der Waals surface area (Å²) in [6.07, 6.45) is 0. The second-order valence-electron chi connectivity index (χ2n) is 6.59. The summed E-state index contributed by atoms with van der Waals surface area (Å²) >= 11 is 6.03. The van der Waals surface area contributed by atoms with E-state index >= 15 is 0 Å². The molecule has 0 atom stereocenters. The number of aryl methyl sites for hydroxylation is 1. The number of aromatic nitrogens is 2. The minimum atomic E-state index is -0.153. The van der Waals surface area contributed by atoms with E-state index in [2.05, 4.69) is 20.8 Å². The first-order valence-electron chi connectivity index (χ1n) is 8.93. The average Bonchev–Trinajstić information content (AvgIpc) is 3.13. The van der Waals surface area contributed by atoms with E-state index in [1.807, 2.05) is 61.5 Å². The molecule has 140 valence electrons. The van der Waals surface area contributed by atoms with Crippen LogP contribution in [-0.4, -0.2) is 16.1 Å². The van der Waals surface area contributed by atoms with Crippen LogP contribution in [0.2, 0.25) is 5.02 Å². The van der Waals surface area contributed by atoms with E-state index in [0.717, 1.165) is 33.5 Å². The highest BCUT2D eigenvalue weighted by molar-refractivity contribution is 6.31. The van der Waals surface area contributed by atoms with Crippen molar-refractivity contribution in [2.45, 2.75) is 13.5 Å². The number of aromatic amines is 1. The van der Waals surface area contributed by atoms with Crippen molar-refractivity contribution in [3.63, 3.8) is 0 Å². The molecule has 0 radical (unpaired) electrons.